The number of hydrogen-bond donors (Lipinski definition) is 4. The molecule has 0 saturated carbocycles. The molecule has 2 rings (SSSR count). The van der Waals surface area contributed by atoms with Crippen molar-refractivity contribution in [2.24, 2.45) is 0 Å². The van der Waals surface area contributed by atoms with Crippen LogP contribution in [-0.4, -0.2) is 35.4 Å². The lowest BCUT2D eigenvalue weighted by atomic mass is 10.0. The van der Waals surface area contributed by atoms with Gasteiger partial charge in [-0.05, 0) is 37.1 Å². The van der Waals surface area contributed by atoms with E-state index in [1.807, 2.05) is 6.92 Å². The maximum Gasteiger partial charge on any atom is 0.416 e. The van der Waals surface area contributed by atoms with Crippen molar-refractivity contribution < 1.29 is 28.2 Å². The molecule has 5 nitrogen and oxygen atoms in total. The summed E-state index contributed by atoms with van der Waals surface area (Å²) in [7, 11) is 0. The van der Waals surface area contributed by atoms with Crippen molar-refractivity contribution in [1.82, 2.24) is 5.32 Å². The molecule has 0 radical (unpaired) electrons. The van der Waals surface area contributed by atoms with E-state index in [1.54, 1.807) is 24.3 Å². The lowest BCUT2D eigenvalue weighted by molar-refractivity contribution is -0.137. The minimum atomic E-state index is -4.29. The van der Waals surface area contributed by atoms with Gasteiger partial charge in [0.15, 0.2) is 0 Å². The average molecular weight is 384 g/mol. The largest absolute Gasteiger partial charge is 0.478 e. The molecule has 0 heterocycles. The zero-order chi connectivity index (χ0) is 20.4. The predicted molar refractivity (Wildman–Crippen MR) is 97.5 cm³/mol. The summed E-state index contributed by atoms with van der Waals surface area (Å²) in [5.41, 5.74) is 5.81. The highest BCUT2D eigenvalue weighted by molar-refractivity contribution is 5.93. The van der Waals surface area contributed by atoms with Gasteiger partial charge in [-0.15, -0.1) is 0 Å². The lowest BCUT2D eigenvalue weighted by Crippen LogP contribution is -2.30. The van der Waals surface area contributed by atoms with Crippen molar-refractivity contribution in [1.29, 1.82) is 0 Å². The number of carboxylic acid groups (broad SMARTS) is 1. The number of nitrogens with one attached hydrogen (secondary N) is 1. The summed E-state index contributed by atoms with van der Waals surface area (Å²) in [4.78, 5) is 10.3. The van der Waals surface area contributed by atoms with Gasteiger partial charge in [0.1, 0.15) is 0 Å². The standard InChI is InChI=1S/C12H16F3NO.C7H7NO2/c1-9(16-5-6-17)7-10-3-2-4-11(8-10)12(13,14)15;8-6-4-2-1-3-5(6)7(9)10/h2-4,8-9,16-17H,5-7H2,1H3;1-4H,8H2,(H,9,10). The van der Waals surface area contributed by atoms with Crippen molar-refractivity contribution in [2.75, 3.05) is 18.9 Å². The van der Waals surface area contributed by atoms with Crippen molar-refractivity contribution in [2.45, 2.75) is 25.6 Å². The van der Waals surface area contributed by atoms with Gasteiger partial charge in [0.05, 0.1) is 17.7 Å². The van der Waals surface area contributed by atoms with E-state index in [0.29, 0.717) is 24.2 Å². The van der Waals surface area contributed by atoms with Gasteiger partial charge in [0.2, 0.25) is 0 Å². The Morgan fingerprint density at radius 2 is 1.85 bits per heavy atom. The van der Waals surface area contributed by atoms with E-state index in [4.69, 9.17) is 15.9 Å². The summed E-state index contributed by atoms with van der Waals surface area (Å²) in [6.07, 6.45) is -3.79. The second-order valence-electron chi connectivity index (χ2n) is 5.87. The fourth-order valence-corrected chi connectivity index (χ4v) is 2.30. The molecule has 0 aromatic heterocycles. The molecular formula is C19H23F3N2O3. The van der Waals surface area contributed by atoms with Gasteiger partial charge in [0, 0.05) is 18.3 Å². The Morgan fingerprint density at radius 1 is 1.19 bits per heavy atom. The molecule has 0 aliphatic carbocycles. The SMILES string of the molecule is CC(Cc1cccc(C(F)(F)F)c1)NCCO.Nc1ccccc1C(=O)O. The molecule has 0 aliphatic rings. The molecule has 0 fully saturated rings. The molecule has 0 aliphatic heterocycles. The Kier molecular flexibility index (Phi) is 8.77. The smallest absolute Gasteiger partial charge is 0.416 e. The molecule has 0 amide bonds. The Hall–Kier alpha value is -2.58. The number of nitrogens with two attached hydrogens (primary N) is 1. The first-order valence-electron chi connectivity index (χ1n) is 8.23. The minimum Gasteiger partial charge on any atom is -0.478 e. The van der Waals surface area contributed by atoms with E-state index in [0.717, 1.165) is 12.1 Å². The van der Waals surface area contributed by atoms with Crippen LogP contribution in [0, 0.1) is 0 Å². The summed E-state index contributed by atoms with van der Waals surface area (Å²) in [5, 5.41) is 20.1. The van der Waals surface area contributed by atoms with E-state index in [9.17, 15) is 18.0 Å². The van der Waals surface area contributed by atoms with Crippen LogP contribution in [0.1, 0.15) is 28.4 Å². The number of halogens is 3. The molecule has 0 saturated heterocycles. The quantitative estimate of drug-likeness (QED) is 0.574. The van der Waals surface area contributed by atoms with Crippen LogP contribution in [0.15, 0.2) is 48.5 Å². The third-order valence-electron chi connectivity index (χ3n) is 3.59. The van der Waals surface area contributed by atoms with Crippen molar-refractivity contribution in [3.05, 3.63) is 65.2 Å². The first-order valence-corrected chi connectivity index (χ1v) is 8.23. The second kappa shape index (κ2) is 10.5. The number of rotatable bonds is 6. The third-order valence-corrected chi connectivity index (χ3v) is 3.59. The number of aliphatic hydroxyl groups excluding tert-OH is 1. The molecule has 1 unspecified atom stereocenters. The Bertz CT molecular complexity index is 736. The average Bonchev–Trinajstić information content (AvgIpc) is 2.60. The van der Waals surface area contributed by atoms with Crippen LogP contribution in [0.5, 0.6) is 0 Å². The van der Waals surface area contributed by atoms with Crippen molar-refractivity contribution in [3.63, 3.8) is 0 Å². The van der Waals surface area contributed by atoms with Gasteiger partial charge < -0.3 is 21.3 Å². The van der Waals surface area contributed by atoms with Crippen LogP contribution in [0.2, 0.25) is 0 Å². The molecule has 8 heteroatoms. The highest BCUT2D eigenvalue weighted by Crippen LogP contribution is 2.29. The highest BCUT2D eigenvalue weighted by Gasteiger charge is 2.30. The number of hydrogen-bond acceptors (Lipinski definition) is 4. The first kappa shape index (κ1) is 22.5. The van der Waals surface area contributed by atoms with Gasteiger partial charge in [-0.25, -0.2) is 4.79 Å². The zero-order valence-corrected chi connectivity index (χ0v) is 14.8. The molecule has 27 heavy (non-hydrogen) atoms. The molecule has 1 atom stereocenters. The topological polar surface area (TPSA) is 95.6 Å². The van der Waals surface area contributed by atoms with Crippen molar-refractivity contribution in [3.8, 4) is 0 Å². The van der Waals surface area contributed by atoms with E-state index in [2.05, 4.69) is 5.32 Å². The fraction of sp³-hybridized carbons (Fsp3) is 0.316. The monoisotopic (exact) mass is 384 g/mol. The number of carboxylic acids is 1. The van der Waals surface area contributed by atoms with Gasteiger partial charge in [-0.1, -0.05) is 30.3 Å². The summed E-state index contributed by atoms with van der Waals surface area (Å²) in [5.74, 6) is -0.988. The first-order chi connectivity index (χ1) is 12.6. The highest BCUT2D eigenvalue weighted by atomic mass is 19.4. The van der Waals surface area contributed by atoms with Crippen LogP contribution < -0.4 is 11.1 Å². The second-order valence-corrected chi connectivity index (χ2v) is 5.87. The van der Waals surface area contributed by atoms with E-state index in [1.165, 1.54) is 12.1 Å². The number of aliphatic hydroxyl groups is 1. The predicted octanol–water partition coefficient (Wildman–Crippen LogP) is 3.19. The summed E-state index contributed by atoms with van der Waals surface area (Å²) in [6.45, 7) is 2.34. The number of benzene rings is 2. The van der Waals surface area contributed by atoms with Gasteiger partial charge in [0.25, 0.3) is 0 Å². The van der Waals surface area contributed by atoms with Gasteiger partial charge in [-0.2, -0.15) is 13.2 Å². The number of alkyl halides is 3. The lowest BCUT2D eigenvalue weighted by Gasteiger charge is -2.14. The van der Waals surface area contributed by atoms with Crippen LogP contribution in [0.25, 0.3) is 0 Å². The molecule has 5 N–H and O–H groups in total. The Labute approximate surface area is 155 Å². The molecule has 148 valence electrons. The molecule has 2 aromatic carbocycles. The molecule has 0 spiro atoms. The maximum absolute atomic E-state index is 12.5. The van der Waals surface area contributed by atoms with Gasteiger partial charge in [-0.3, -0.25) is 0 Å². The number of carbonyl (C=O) groups is 1. The van der Waals surface area contributed by atoms with Crippen LogP contribution in [-0.2, 0) is 12.6 Å². The Morgan fingerprint density at radius 3 is 2.37 bits per heavy atom. The fourth-order valence-electron chi connectivity index (χ4n) is 2.30. The van der Waals surface area contributed by atoms with Crippen LogP contribution >= 0.6 is 0 Å². The molecule has 0 bridgehead atoms. The van der Waals surface area contributed by atoms with Crippen LogP contribution in [0.4, 0.5) is 18.9 Å². The zero-order valence-electron chi connectivity index (χ0n) is 14.8. The van der Waals surface area contributed by atoms with Crippen LogP contribution in [0.3, 0.4) is 0 Å². The minimum absolute atomic E-state index is 0.0208. The third kappa shape index (κ3) is 8.10. The number of aromatic carboxylic acids is 1. The van der Waals surface area contributed by atoms with Gasteiger partial charge >= 0.3 is 12.1 Å². The molecule has 2 aromatic rings. The number of para-hydroxylation sites is 1. The van der Waals surface area contributed by atoms with E-state index in [-0.39, 0.29) is 18.2 Å². The van der Waals surface area contributed by atoms with E-state index < -0.39 is 17.7 Å². The Balaban J connectivity index is 0.000000309. The normalized spacial score (nSPS) is 12.0. The number of nitrogen functional groups attached to an aromatic ring is 1. The summed E-state index contributed by atoms with van der Waals surface area (Å²) >= 11 is 0. The summed E-state index contributed by atoms with van der Waals surface area (Å²) < 4.78 is 37.4. The number of anilines is 1. The van der Waals surface area contributed by atoms with E-state index >= 15 is 0 Å². The summed E-state index contributed by atoms with van der Waals surface area (Å²) in [6, 6.07) is 11.7. The molecular weight excluding hydrogens is 361 g/mol. The van der Waals surface area contributed by atoms with Crippen molar-refractivity contribution >= 4 is 11.7 Å². The maximum atomic E-state index is 12.5.